The molecule has 3 nitrogen and oxygen atoms in total. The number of aryl methyl sites for hydroxylation is 1. The predicted octanol–water partition coefficient (Wildman–Crippen LogP) is 1.15. The first-order valence-corrected chi connectivity index (χ1v) is 3.83. The molecule has 0 saturated carbocycles. The molecule has 0 saturated heterocycles. The van der Waals surface area contributed by atoms with E-state index in [-0.39, 0.29) is 18.1 Å². The van der Waals surface area contributed by atoms with Crippen molar-refractivity contribution in [2.45, 2.75) is 20.0 Å². The van der Waals surface area contributed by atoms with Crippen molar-refractivity contribution in [2.75, 3.05) is 0 Å². The van der Waals surface area contributed by atoms with Crippen molar-refractivity contribution in [3.05, 3.63) is 23.3 Å². The molecule has 0 unspecified atom stereocenters. The molecule has 12 heavy (non-hydrogen) atoms. The Morgan fingerprint density at radius 2 is 1.58 bits per heavy atom. The number of aliphatic hydroxyl groups is 1. The standard InChI is InChI=1S/C9H12O3/c1-2-6-3-9(12)7(5-10)4-8(6)11/h3-4,10-12H,2,5H2,1H3. The molecule has 0 atom stereocenters. The highest BCUT2D eigenvalue weighted by Crippen LogP contribution is 2.27. The largest absolute Gasteiger partial charge is 0.508 e. The Bertz CT molecular complexity index is 252. The fraction of sp³-hybridized carbons (Fsp3) is 0.333. The van der Waals surface area contributed by atoms with Crippen LogP contribution in [0.25, 0.3) is 0 Å². The molecule has 0 amide bonds. The van der Waals surface area contributed by atoms with Crippen LogP contribution in [0.2, 0.25) is 0 Å². The molecule has 0 aliphatic heterocycles. The average Bonchev–Trinajstić information content (AvgIpc) is 2.08. The lowest BCUT2D eigenvalue weighted by atomic mass is 10.1. The molecule has 66 valence electrons. The Morgan fingerprint density at radius 3 is 2.08 bits per heavy atom. The zero-order valence-electron chi connectivity index (χ0n) is 6.91. The highest BCUT2D eigenvalue weighted by Gasteiger charge is 2.05. The molecule has 1 aromatic carbocycles. The molecular weight excluding hydrogens is 156 g/mol. The van der Waals surface area contributed by atoms with Crippen molar-refractivity contribution in [1.29, 1.82) is 0 Å². The van der Waals surface area contributed by atoms with E-state index >= 15 is 0 Å². The van der Waals surface area contributed by atoms with Crippen LogP contribution in [0.1, 0.15) is 18.1 Å². The van der Waals surface area contributed by atoms with Gasteiger partial charge in [-0.3, -0.25) is 0 Å². The highest BCUT2D eigenvalue weighted by atomic mass is 16.3. The lowest BCUT2D eigenvalue weighted by Gasteiger charge is -2.05. The lowest BCUT2D eigenvalue weighted by Crippen LogP contribution is -1.88. The minimum atomic E-state index is -0.261. The predicted molar refractivity (Wildman–Crippen MR) is 45.1 cm³/mol. The molecule has 3 heteroatoms. The number of rotatable bonds is 2. The second-order valence-electron chi connectivity index (χ2n) is 2.62. The summed E-state index contributed by atoms with van der Waals surface area (Å²) in [4.78, 5) is 0. The SMILES string of the molecule is CCc1cc(O)c(CO)cc1O. The van der Waals surface area contributed by atoms with Crippen LogP contribution in [0, 0.1) is 0 Å². The summed E-state index contributed by atoms with van der Waals surface area (Å²) in [6.45, 7) is 1.62. The molecule has 0 bridgehead atoms. The monoisotopic (exact) mass is 168 g/mol. The summed E-state index contributed by atoms with van der Waals surface area (Å²) in [5.41, 5.74) is 1.04. The molecule has 0 aromatic heterocycles. The van der Waals surface area contributed by atoms with Gasteiger partial charge in [0.2, 0.25) is 0 Å². The molecule has 0 aliphatic carbocycles. The normalized spacial score (nSPS) is 10.2. The number of benzene rings is 1. The van der Waals surface area contributed by atoms with Gasteiger partial charge in [0, 0.05) is 5.56 Å². The van der Waals surface area contributed by atoms with E-state index in [0.717, 1.165) is 0 Å². The first-order chi connectivity index (χ1) is 5.69. The number of phenolic OH excluding ortho intramolecular Hbond substituents is 1. The maximum absolute atomic E-state index is 9.32. The topological polar surface area (TPSA) is 60.7 Å². The molecule has 0 heterocycles. The van der Waals surface area contributed by atoms with Crippen LogP contribution in [0.3, 0.4) is 0 Å². The summed E-state index contributed by atoms with van der Waals surface area (Å²) in [5.74, 6) is 0.159. The van der Waals surface area contributed by atoms with E-state index in [9.17, 15) is 10.2 Å². The lowest BCUT2D eigenvalue weighted by molar-refractivity contribution is 0.274. The molecular formula is C9H12O3. The van der Waals surface area contributed by atoms with Gasteiger partial charge >= 0.3 is 0 Å². The summed E-state index contributed by atoms with van der Waals surface area (Å²) >= 11 is 0. The van der Waals surface area contributed by atoms with Crippen LogP contribution in [0.15, 0.2) is 12.1 Å². The molecule has 0 spiro atoms. The Balaban J connectivity index is 3.16. The smallest absolute Gasteiger partial charge is 0.121 e. The van der Waals surface area contributed by atoms with Crippen molar-refractivity contribution < 1.29 is 15.3 Å². The van der Waals surface area contributed by atoms with E-state index in [1.54, 1.807) is 0 Å². The minimum Gasteiger partial charge on any atom is -0.508 e. The van der Waals surface area contributed by atoms with Crippen molar-refractivity contribution in [3.63, 3.8) is 0 Å². The number of hydrogen-bond donors (Lipinski definition) is 3. The number of aliphatic hydroxyl groups excluding tert-OH is 1. The molecule has 0 aliphatic rings. The first-order valence-electron chi connectivity index (χ1n) is 3.83. The van der Waals surface area contributed by atoms with Crippen molar-refractivity contribution >= 4 is 0 Å². The second kappa shape index (κ2) is 3.45. The summed E-state index contributed by atoms with van der Waals surface area (Å²) in [6.07, 6.45) is 0.658. The maximum Gasteiger partial charge on any atom is 0.121 e. The first kappa shape index (κ1) is 8.87. The van der Waals surface area contributed by atoms with Gasteiger partial charge in [0.1, 0.15) is 11.5 Å². The Kier molecular flexibility index (Phi) is 2.55. The van der Waals surface area contributed by atoms with Gasteiger partial charge in [0.25, 0.3) is 0 Å². The van der Waals surface area contributed by atoms with Gasteiger partial charge in [-0.05, 0) is 24.1 Å². The highest BCUT2D eigenvalue weighted by molar-refractivity contribution is 5.44. The molecule has 0 fully saturated rings. The van der Waals surface area contributed by atoms with Gasteiger partial charge in [-0.1, -0.05) is 6.92 Å². The van der Waals surface area contributed by atoms with Crippen LogP contribution in [-0.4, -0.2) is 15.3 Å². The maximum atomic E-state index is 9.32. The molecule has 1 aromatic rings. The summed E-state index contributed by atoms with van der Waals surface area (Å²) < 4.78 is 0. The van der Waals surface area contributed by atoms with E-state index < -0.39 is 0 Å². The number of aromatic hydroxyl groups is 2. The van der Waals surface area contributed by atoms with Gasteiger partial charge in [0.15, 0.2) is 0 Å². The van der Waals surface area contributed by atoms with Crippen LogP contribution in [0.4, 0.5) is 0 Å². The van der Waals surface area contributed by atoms with Crippen LogP contribution < -0.4 is 0 Å². The Morgan fingerprint density at radius 1 is 1.08 bits per heavy atom. The van der Waals surface area contributed by atoms with Gasteiger partial charge in [-0.2, -0.15) is 0 Å². The van der Waals surface area contributed by atoms with E-state index in [1.807, 2.05) is 6.92 Å². The zero-order chi connectivity index (χ0) is 9.14. The number of phenols is 2. The quantitative estimate of drug-likeness (QED) is 0.580. The molecule has 3 N–H and O–H groups in total. The Labute approximate surface area is 70.9 Å². The van der Waals surface area contributed by atoms with Gasteiger partial charge in [0.05, 0.1) is 6.61 Å². The number of hydrogen-bond acceptors (Lipinski definition) is 3. The van der Waals surface area contributed by atoms with Gasteiger partial charge in [-0.25, -0.2) is 0 Å². The van der Waals surface area contributed by atoms with Crippen LogP contribution in [-0.2, 0) is 13.0 Å². The Hall–Kier alpha value is -1.22. The van der Waals surface area contributed by atoms with Gasteiger partial charge < -0.3 is 15.3 Å². The summed E-state index contributed by atoms with van der Waals surface area (Å²) in [6, 6.07) is 2.86. The van der Waals surface area contributed by atoms with Crippen molar-refractivity contribution in [1.82, 2.24) is 0 Å². The van der Waals surface area contributed by atoms with E-state index in [1.165, 1.54) is 12.1 Å². The third-order valence-electron chi connectivity index (χ3n) is 1.83. The molecule has 0 radical (unpaired) electrons. The van der Waals surface area contributed by atoms with Crippen molar-refractivity contribution in [3.8, 4) is 11.5 Å². The van der Waals surface area contributed by atoms with Crippen LogP contribution in [0.5, 0.6) is 11.5 Å². The van der Waals surface area contributed by atoms with E-state index in [4.69, 9.17) is 5.11 Å². The third-order valence-corrected chi connectivity index (χ3v) is 1.83. The fourth-order valence-electron chi connectivity index (χ4n) is 1.07. The van der Waals surface area contributed by atoms with E-state index in [0.29, 0.717) is 17.5 Å². The summed E-state index contributed by atoms with van der Waals surface area (Å²) in [5, 5.41) is 27.3. The second-order valence-corrected chi connectivity index (χ2v) is 2.62. The minimum absolute atomic E-state index is 0.0344. The fourth-order valence-corrected chi connectivity index (χ4v) is 1.07. The average molecular weight is 168 g/mol. The van der Waals surface area contributed by atoms with Gasteiger partial charge in [-0.15, -0.1) is 0 Å². The third kappa shape index (κ3) is 1.51. The van der Waals surface area contributed by atoms with Crippen molar-refractivity contribution in [2.24, 2.45) is 0 Å². The zero-order valence-corrected chi connectivity index (χ0v) is 6.91. The summed E-state index contributed by atoms with van der Waals surface area (Å²) in [7, 11) is 0. The van der Waals surface area contributed by atoms with E-state index in [2.05, 4.69) is 0 Å². The molecule has 1 rings (SSSR count). The van der Waals surface area contributed by atoms with Crippen LogP contribution >= 0.6 is 0 Å².